The highest BCUT2D eigenvalue weighted by atomic mass is 35.5. The Bertz CT molecular complexity index is 1300. The number of hydrogen-bond donors (Lipinski definition) is 3. The molecule has 0 aliphatic heterocycles. The maximum atomic E-state index is 13.0. The first-order valence-electron chi connectivity index (χ1n) is 10.1. The van der Waals surface area contributed by atoms with Crippen LogP contribution in [0.25, 0.3) is 0 Å². The Morgan fingerprint density at radius 1 is 0.941 bits per heavy atom. The van der Waals surface area contributed by atoms with E-state index in [9.17, 15) is 19.2 Å². The van der Waals surface area contributed by atoms with Crippen LogP contribution in [0.4, 0.5) is 16.4 Å². The van der Waals surface area contributed by atoms with E-state index in [-0.39, 0.29) is 26.9 Å². The third-order valence-electron chi connectivity index (χ3n) is 4.86. The zero-order chi connectivity index (χ0) is 25.0. The van der Waals surface area contributed by atoms with Crippen molar-refractivity contribution in [2.45, 2.75) is 20.8 Å². The van der Waals surface area contributed by atoms with Gasteiger partial charge in [0.25, 0.3) is 11.8 Å². The van der Waals surface area contributed by atoms with Gasteiger partial charge in [-0.1, -0.05) is 23.7 Å². The average Bonchev–Trinajstić information content (AvgIpc) is 3.10. The minimum atomic E-state index is -0.686. The number of amides is 3. The number of thiophene rings is 1. The molecule has 0 radical (unpaired) electrons. The van der Waals surface area contributed by atoms with Gasteiger partial charge in [0.2, 0.25) is 5.91 Å². The van der Waals surface area contributed by atoms with E-state index in [1.807, 2.05) is 0 Å². The molecule has 0 spiro atoms. The minimum absolute atomic E-state index is 0.0892. The molecule has 1 heterocycles. The van der Waals surface area contributed by atoms with Crippen molar-refractivity contribution < 1.29 is 23.9 Å². The van der Waals surface area contributed by atoms with Crippen molar-refractivity contribution in [3.8, 4) is 0 Å². The van der Waals surface area contributed by atoms with Crippen molar-refractivity contribution in [3.05, 3.63) is 74.6 Å². The highest BCUT2D eigenvalue weighted by molar-refractivity contribution is 7.19. The Morgan fingerprint density at radius 2 is 1.68 bits per heavy atom. The summed E-state index contributed by atoms with van der Waals surface area (Å²) in [6, 6.07) is 11.5. The Balaban J connectivity index is 1.93. The Kier molecular flexibility index (Phi) is 7.70. The summed E-state index contributed by atoms with van der Waals surface area (Å²) in [5, 5.41) is 8.74. The molecular formula is C24H22ClN3O5S. The molecule has 2 aromatic carbocycles. The van der Waals surface area contributed by atoms with Crippen LogP contribution in [0.5, 0.6) is 0 Å². The molecule has 10 heteroatoms. The van der Waals surface area contributed by atoms with E-state index in [2.05, 4.69) is 16.0 Å². The largest absolute Gasteiger partial charge is 0.465 e. The third-order valence-corrected chi connectivity index (χ3v) is 6.30. The lowest BCUT2D eigenvalue weighted by Gasteiger charge is -2.10. The van der Waals surface area contributed by atoms with Crippen molar-refractivity contribution in [2.24, 2.45) is 0 Å². The second-order valence-electron chi connectivity index (χ2n) is 7.38. The van der Waals surface area contributed by atoms with Crippen molar-refractivity contribution in [2.75, 3.05) is 23.1 Å². The van der Waals surface area contributed by atoms with Gasteiger partial charge >= 0.3 is 5.97 Å². The van der Waals surface area contributed by atoms with Gasteiger partial charge in [-0.2, -0.15) is 0 Å². The molecule has 0 unspecified atom stereocenters. The van der Waals surface area contributed by atoms with Gasteiger partial charge in [0.1, 0.15) is 5.00 Å². The van der Waals surface area contributed by atoms with E-state index in [1.54, 1.807) is 50.2 Å². The number of nitrogens with one attached hydrogen (secondary N) is 3. The van der Waals surface area contributed by atoms with Crippen LogP contribution in [0.15, 0.2) is 42.5 Å². The van der Waals surface area contributed by atoms with Crippen LogP contribution in [0, 0.1) is 13.8 Å². The zero-order valence-corrected chi connectivity index (χ0v) is 20.4. The maximum Gasteiger partial charge on any atom is 0.341 e. The molecule has 3 amide bonds. The summed E-state index contributed by atoms with van der Waals surface area (Å²) in [6.07, 6.45) is 0. The number of ether oxygens (including phenoxy) is 1. The molecular weight excluding hydrogens is 478 g/mol. The van der Waals surface area contributed by atoms with Gasteiger partial charge in [0, 0.05) is 28.9 Å². The van der Waals surface area contributed by atoms with Gasteiger partial charge in [0.05, 0.1) is 17.6 Å². The fraction of sp³-hybridized carbons (Fsp3) is 0.167. The summed E-state index contributed by atoms with van der Waals surface area (Å²) in [7, 11) is 1.22. The predicted molar refractivity (Wildman–Crippen MR) is 133 cm³/mol. The van der Waals surface area contributed by atoms with Gasteiger partial charge < -0.3 is 20.7 Å². The molecule has 3 rings (SSSR count). The van der Waals surface area contributed by atoms with Crippen molar-refractivity contribution >= 4 is 63.0 Å². The van der Waals surface area contributed by atoms with Gasteiger partial charge in [-0.05, 0) is 55.3 Å². The Hall–Kier alpha value is -3.69. The first kappa shape index (κ1) is 24.9. The van der Waals surface area contributed by atoms with E-state index < -0.39 is 17.8 Å². The van der Waals surface area contributed by atoms with E-state index in [1.165, 1.54) is 20.1 Å². The highest BCUT2D eigenvalue weighted by Gasteiger charge is 2.27. The highest BCUT2D eigenvalue weighted by Crippen LogP contribution is 2.35. The van der Waals surface area contributed by atoms with Gasteiger partial charge in [-0.15, -0.1) is 11.3 Å². The fourth-order valence-electron chi connectivity index (χ4n) is 3.18. The molecule has 34 heavy (non-hydrogen) atoms. The number of hydrogen-bond acceptors (Lipinski definition) is 6. The van der Waals surface area contributed by atoms with Crippen LogP contribution in [-0.4, -0.2) is 30.8 Å². The number of rotatable bonds is 6. The molecule has 8 nitrogen and oxygen atoms in total. The SMILES string of the molecule is COC(=O)c1c(NC(=O)c2ccc(C)c(NC(C)=O)c2)sc(C(=O)Nc2cccc(Cl)c2)c1C. The summed E-state index contributed by atoms with van der Waals surface area (Å²) in [5.41, 5.74) is 2.49. The molecule has 0 aliphatic carbocycles. The van der Waals surface area contributed by atoms with E-state index in [0.717, 1.165) is 16.9 Å². The van der Waals surface area contributed by atoms with Crippen molar-refractivity contribution in [1.82, 2.24) is 0 Å². The first-order chi connectivity index (χ1) is 16.1. The summed E-state index contributed by atoms with van der Waals surface area (Å²) < 4.78 is 4.87. The maximum absolute atomic E-state index is 13.0. The van der Waals surface area contributed by atoms with Gasteiger partial charge in [-0.25, -0.2) is 4.79 Å². The fourth-order valence-corrected chi connectivity index (χ4v) is 4.46. The van der Waals surface area contributed by atoms with Crippen molar-refractivity contribution in [3.63, 3.8) is 0 Å². The normalized spacial score (nSPS) is 10.4. The van der Waals surface area contributed by atoms with Crippen LogP contribution in [0.1, 0.15) is 48.4 Å². The molecule has 176 valence electrons. The second-order valence-corrected chi connectivity index (χ2v) is 8.84. The van der Waals surface area contributed by atoms with E-state index >= 15 is 0 Å². The second kappa shape index (κ2) is 10.5. The number of halogens is 1. The standard InChI is InChI=1S/C24H22ClN3O5S/c1-12-8-9-15(10-18(12)26-14(3)29)21(30)28-23-19(24(32)33-4)13(2)20(34-23)22(31)27-17-7-5-6-16(25)11-17/h5-11H,1-4H3,(H,26,29)(H,27,31)(H,28,30). The van der Waals surface area contributed by atoms with Crippen LogP contribution in [0.3, 0.4) is 0 Å². The number of aryl methyl sites for hydroxylation is 1. The predicted octanol–water partition coefficient (Wildman–Crippen LogP) is 5.27. The summed E-state index contributed by atoms with van der Waals surface area (Å²) >= 11 is 6.93. The molecule has 3 aromatic rings. The monoisotopic (exact) mass is 499 g/mol. The van der Waals surface area contributed by atoms with Crippen LogP contribution in [0.2, 0.25) is 5.02 Å². The lowest BCUT2D eigenvalue weighted by Crippen LogP contribution is -2.15. The lowest BCUT2D eigenvalue weighted by atomic mass is 10.1. The minimum Gasteiger partial charge on any atom is -0.465 e. The van der Waals surface area contributed by atoms with Crippen LogP contribution < -0.4 is 16.0 Å². The molecule has 0 saturated heterocycles. The summed E-state index contributed by atoms with van der Waals surface area (Å²) in [6.45, 7) is 4.78. The van der Waals surface area contributed by atoms with Crippen LogP contribution >= 0.6 is 22.9 Å². The lowest BCUT2D eigenvalue weighted by molar-refractivity contribution is -0.114. The average molecular weight is 500 g/mol. The number of carbonyl (C=O) groups excluding carboxylic acids is 4. The molecule has 0 saturated carbocycles. The molecule has 1 aromatic heterocycles. The quantitative estimate of drug-likeness (QED) is 0.400. The zero-order valence-electron chi connectivity index (χ0n) is 18.9. The topological polar surface area (TPSA) is 114 Å². The molecule has 0 bridgehead atoms. The first-order valence-corrected chi connectivity index (χ1v) is 11.3. The number of anilines is 3. The Labute approximate surface area is 205 Å². The molecule has 0 fully saturated rings. The van der Waals surface area contributed by atoms with Gasteiger partial charge in [0.15, 0.2) is 0 Å². The van der Waals surface area contributed by atoms with Crippen LogP contribution in [-0.2, 0) is 9.53 Å². The van der Waals surface area contributed by atoms with E-state index in [0.29, 0.717) is 22.0 Å². The molecule has 3 N–H and O–H groups in total. The number of esters is 1. The van der Waals surface area contributed by atoms with Crippen molar-refractivity contribution in [1.29, 1.82) is 0 Å². The number of benzene rings is 2. The molecule has 0 atom stereocenters. The summed E-state index contributed by atoms with van der Waals surface area (Å²) in [5.74, 6) is -1.93. The van der Waals surface area contributed by atoms with Gasteiger partial charge in [-0.3, -0.25) is 14.4 Å². The third kappa shape index (κ3) is 5.62. The summed E-state index contributed by atoms with van der Waals surface area (Å²) in [4.78, 5) is 50.0. The van der Waals surface area contributed by atoms with E-state index in [4.69, 9.17) is 16.3 Å². The smallest absolute Gasteiger partial charge is 0.341 e. The number of methoxy groups -OCH3 is 1. The Morgan fingerprint density at radius 3 is 2.32 bits per heavy atom. The molecule has 0 aliphatic rings. The number of carbonyl (C=O) groups is 4.